The van der Waals surface area contributed by atoms with E-state index < -0.39 is 12.2 Å². The molecule has 0 saturated carbocycles. The summed E-state index contributed by atoms with van der Waals surface area (Å²) >= 11 is 0. The third kappa shape index (κ3) is 3.24. The Morgan fingerprint density at radius 3 is 2.64 bits per heavy atom. The molecule has 0 aliphatic rings. The third-order valence-corrected chi connectivity index (χ3v) is 1.97. The topological polar surface area (TPSA) is 12.4 Å². The van der Waals surface area contributed by atoms with Gasteiger partial charge in [-0.15, -0.1) is 0 Å². The predicted octanol–water partition coefficient (Wildman–Crippen LogP) is 2.99. The predicted molar refractivity (Wildman–Crippen MR) is 54.0 cm³/mol. The summed E-state index contributed by atoms with van der Waals surface area (Å²) in [6, 6.07) is 5.65. The maximum absolute atomic E-state index is 12.7. The minimum Gasteiger partial charge on any atom is -0.287 e. The smallest absolute Gasteiger partial charge is 0.123 e. The minimum atomic E-state index is -0.986. The van der Waals surface area contributed by atoms with Gasteiger partial charge in [-0.2, -0.15) is 0 Å². The maximum atomic E-state index is 12.7. The highest BCUT2D eigenvalue weighted by Crippen LogP contribution is 2.04. The zero-order valence-electron chi connectivity index (χ0n) is 8.24. The molecule has 0 spiro atoms. The molecule has 0 radical (unpaired) electrons. The Morgan fingerprint density at radius 1 is 1.36 bits per heavy atom. The van der Waals surface area contributed by atoms with E-state index >= 15 is 0 Å². The molecule has 0 bridgehead atoms. The molecule has 3 heteroatoms. The van der Waals surface area contributed by atoms with Crippen LogP contribution in [0.3, 0.4) is 0 Å². The van der Waals surface area contributed by atoms with Crippen LogP contribution in [0.5, 0.6) is 0 Å². The van der Waals surface area contributed by atoms with Gasteiger partial charge < -0.3 is 0 Å². The van der Waals surface area contributed by atoms with Gasteiger partial charge in [-0.1, -0.05) is 12.1 Å². The molecular weight excluding hydrogens is 184 g/mol. The van der Waals surface area contributed by atoms with E-state index in [2.05, 4.69) is 4.99 Å². The van der Waals surface area contributed by atoms with Crippen LogP contribution < -0.4 is 0 Å². The molecule has 2 atom stereocenters. The van der Waals surface area contributed by atoms with Crippen LogP contribution in [0.2, 0.25) is 0 Å². The molecule has 14 heavy (non-hydrogen) atoms. The third-order valence-electron chi connectivity index (χ3n) is 1.97. The number of benzene rings is 1. The van der Waals surface area contributed by atoms with Crippen LogP contribution in [0.1, 0.15) is 19.4 Å². The van der Waals surface area contributed by atoms with Crippen LogP contribution in [0, 0.1) is 5.82 Å². The zero-order valence-corrected chi connectivity index (χ0v) is 8.24. The van der Waals surface area contributed by atoms with Crippen LogP contribution >= 0.6 is 0 Å². The fourth-order valence-electron chi connectivity index (χ4n) is 0.909. The molecule has 1 aromatic carbocycles. The first-order chi connectivity index (χ1) is 6.59. The number of aliphatic imine (C=N–C) groups is 1. The van der Waals surface area contributed by atoms with Gasteiger partial charge in [0, 0.05) is 6.21 Å². The van der Waals surface area contributed by atoms with Crippen LogP contribution in [-0.4, -0.2) is 18.4 Å². The minimum absolute atomic E-state index is 0.310. The van der Waals surface area contributed by atoms with Gasteiger partial charge in [0.05, 0.1) is 6.04 Å². The van der Waals surface area contributed by atoms with Gasteiger partial charge in [-0.3, -0.25) is 4.99 Å². The molecule has 0 fully saturated rings. The Kier molecular flexibility index (Phi) is 3.74. The van der Waals surface area contributed by atoms with Gasteiger partial charge in [0.2, 0.25) is 0 Å². The first-order valence-electron chi connectivity index (χ1n) is 4.52. The van der Waals surface area contributed by atoms with Crippen LogP contribution in [0.4, 0.5) is 8.78 Å². The number of alkyl halides is 1. The normalized spacial score (nSPS) is 15.7. The Hall–Kier alpha value is -1.25. The summed E-state index contributed by atoms with van der Waals surface area (Å²) in [5.41, 5.74) is 0.650. The molecule has 1 rings (SSSR count). The summed E-state index contributed by atoms with van der Waals surface area (Å²) in [6.07, 6.45) is 0.504. The first kappa shape index (κ1) is 10.8. The van der Waals surface area contributed by atoms with E-state index in [4.69, 9.17) is 0 Å². The molecule has 0 saturated heterocycles. The number of hydrogen-bond acceptors (Lipinski definition) is 1. The second-order valence-electron chi connectivity index (χ2n) is 3.25. The number of rotatable bonds is 3. The highest BCUT2D eigenvalue weighted by molar-refractivity contribution is 5.79. The van der Waals surface area contributed by atoms with E-state index in [-0.39, 0.29) is 5.82 Å². The van der Waals surface area contributed by atoms with Crippen molar-refractivity contribution in [1.29, 1.82) is 0 Å². The van der Waals surface area contributed by atoms with E-state index in [0.717, 1.165) is 0 Å². The Morgan fingerprint density at radius 2 is 2.07 bits per heavy atom. The molecule has 0 N–H and O–H groups in total. The summed E-state index contributed by atoms with van der Waals surface area (Å²) in [5.74, 6) is -0.310. The van der Waals surface area contributed by atoms with Crippen molar-refractivity contribution in [2.24, 2.45) is 4.99 Å². The van der Waals surface area contributed by atoms with Crippen molar-refractivity contribution in [3.8, 4) is 0 Å². The van der Waals surface area contributed by atoms with E-state index in [1.807, 2.05) is 0 Å². The molecule has 76 valence electrons. The van der Waals surface area contributed by atoms with Gasteiger partial charge in [-0.05, 0) is 31.5 Å². The summed E-state index contributed by atoms with van der Waals surface area (Å²) < 4.78 is 25.4. The summed E-state index contributed by atoms with van der Waals surface area (Å²) in [4.78, 5) is 3.97. The number of nitrogens with zero attached hydrogens (tertiary/aromatic N) is 1. The number of halogens is 2. The lowest BCUT2D eigenvalue weighted by molar-refractivity contribution is 0.319. The van der Waals surface area contributed by atoms with Crippen molar-refractivity contribution < 1.29 is 8.78 Å². The summed E-state index contributed by atoms with van der Waals surface area (Å²) in [7, 11) is 0. The van der Waals surface area contributed by atoms with Crippen LogP contribution in [-0.2, 0) is 0 Å². The molecule has 2 unspecified atom stereocenters. The molecule has 0 heterocycles. The standard InChI is InChI=1S/C11H13F2N/c1-8(12)9(2)14-7-10-4-3-5-11(13)6-10/h3-9H,1-2H3/b14-7+. The average Bonchev–Trinajstić information content (AvgIpc) is 2.14. The van der Waals surface area contributed by atoms with Gasteiger partial charge in [0.1, 0.15) is 12.0 Å². The lowest BCUT2D eigenvalue weighted by atomic mass is 10.2. The lowest BCUT2D eigenvalue weighted by Crippen LogP contribution is -2.11. The lowest BCUT2D eigenvalue weighted by Gasteiger charge is -2.05. The van der Waals surface area contributed by atoms with Crippen molar-refractivity contribution in [1.82, 2.24) is 0 Å². The fourth-order valence-corrected chi connectivity index (χ4v) is 0.909. The van der Waals surface area contributed by atoms with Crippen molar-refractivity contribution in [3.63, 3.8) is 0 Å². The largest absolute Gasteiger partial charge is 0.287 e. The Balaban J connectivity index is 2.69. The fraction of sp³-hybridized carbons (Fsp3) is 0.364. The van der Waals surface area contributed by atoms with Crippen molar-refractivity contribution >= 4 is 6.21 Å². The Bertz CT molecular complexity index is 321. The quantitative estimate of drug-likeness (QED) is 0.660. The molecule has 0 amide bonds. The molecule has 1 nitrogen and oxygen atoms in total. The SMILES string of the molecule is CC(F)C(C)/N=C/c1cccc(F)c1. The van der Waals surface area contributed by atoms with Crippen molar-refractivity contribution in [2.45, 2.75) is 26.1 Å². The first-order valence-corrected chi connectivity index (χ1v) is 4.52. The number of hydrogen-bond donors (Lipinski definition) is 0. The van der Waals surface area contributed by atoms with Crippen LogP contribution in [0.15, 0.2) is 29.3 Å². The second kappa shape index (κ2) is 4.84. The molecule has 0 aliphatic carbocycles. The van der Waals surface area contributed by atoms with Gasteiger partial charge in [0.15, 0.2) is 0 Å². The van der Waals surface area contributed by atoms with Crippen molar-refractivity contribution in [3.05, 3.63) is 35.6 Å². The van der Waals surface area contributed by atoms with E-state index in [1.165, 1.54) is 25.3 Å². The molecule has 0 aromatic heterocycles. The maximum Gasteiger partial charge on any atom is 0.123 e. The van der Waals surface area contributed by atoms with Gasteiger partial charge in [0.25, 0.3) is 0 Å². The molecule has 1 aromatic rings. The summed E-state index contributed by atoms with van der Waals surface area (Å²) in [5, 5.41) is 0. The average molecular weight is 197 g/mol. The van der Waals surface area contributed by atoms with Gasteiger partial charge >= 0.3 is 0 Å². The monoisotopic (exact) mass is 197 g/mol. The molecule has 0 aliphatic heterocycles. The van der Waals surface area contributed by atoms with E-state index in [0.29, 0.717) is 5.56 Å². The van der Waals surface area contributed by atoms with Gasteiger partial charge in [-0.25, -0.2) is 8.78 Å². The van der Waals surface area contributed by atoms with E-state index in [1.54, 1.807) is 19.1 Å². The van der Waals surface area contributed by atoms with Crippen LogP contribution in [0.25, 0.3) is 0 Å². The highest BCUT2D eigenvalue weighted by Gasteiger charge is 2.06. The van der Waals surface area contributed by atoms with Crippen molar-refractivity contribution in [2.75, 3.05) is 0 Å². The second-order valence-corrected chi connectivity index (χ2v) is 3.25. The van der Waals surface area contributed by atoms with E-state index in [9.17, 15) is 8.78 Å². The zero-order chi connectivity index (χ0) is 10.6. The summed E-state index contributed by atoms with van der Waals surface area (Å²) in [6.45, 7) is 3.13. The molecular formula is C11H13F2N. The Labute approximate surface area is 82.5 Å². The highest BCUT2D eigenvalue weighted by atomic mass is 19.1.